The number of anilines is 1. The topological polar surface area (TPSA) is 92.3 Å². The van der Waals surface area contributed by atoms with E-state index in [1.807, 2.05) is 13.8 Å². The Labute approximate surface area is 137 Å². The van der Waals surface area contributed by atoms with E-state index >= 15 is 0 Å². The Morgan fingerprint density at radius 2 is 1.87 bits per heavy atom. The van der Waals surface area contributed by atoms with Crippen LogP contribution < -0.4 is 5.32 Å². The van der Waals surface area contributed by atoms with Gasteiger partial charge in [0.2, 0.25) is 5.95 Å². The molecule has 8 heteroatoms. The van der Waals surface area contributed by atoms with E-state index in [9.17, 15) is 13.2 Å². The number of hydrogen-bond donors (Lipinski definition) is 1. The maximum Gasteiger partial charge on any atom is 0.256 e. The summed E-state index contributed by atoms with van der Waals surface area (Å²) in [7, 11) is -2.94. The Morgan fingerprint density at radius 3 is 2.35 bits per heavy atom. The van der Waals surface area contributed by atoms with Gasteiger partial charge in [0.05, 0.1) is 17.1 Å². The summed E-state index contributed by atoms with van der Waals surface area (Å²) in [5, 5.41) is 3.02. The third-order valence-electron chi connectivity index (χ3n) is 3.74. The Morgan fingerprint density at radius 1 is 1.26 bits per heavy atom. The monoisotopic (exact) mass is 340 g/mol. The fourth-order valence-electron chi connectivity index (χ4n) is 2.64. The van der Waals surface area contributed by atoms with Gasteiger partial charge in [-0.05, 0) is 19.3 Å². The molecule has 0 aromatic carbocycles. The van der Waals surface area contributed by atoms with E-state index in [1.165, 1.54) is 12.4 Å². The lowest BCUT2D eigenvalue weighted by molar-refractivity contribution is 0.0754. The van der Waals surface area contributed by atoms with Crippen LogP contribution >= 0.6 is 0 Å². The van der Waals surface area contributed by atoms with Crippen LogP contribution in [0.1, 0.15) is 43.5 Å². The van der Waals surface area contributed by atoms with Gasteiger partial charge in [0, 0.05) is 31.5 Å². The first-order valence-electron chi connectivity index (χ1n) is 8.03. The van der Waals surface area contributed by atoms with Gasteiger partial charge in [-0.15, -0.1) is 0 Å². The fourth-order valence-corrected chi connectivity index (χ4v) is 4.32. The number of carbonyl (C=O) groups excluding carboxylic acids is 1. The molecular weight excluding hydrogens is 316 g/mol. The molecule has 1 amide bonds. The highest BCUT2D eigenvalue weighted by Gasteiger charge is 2.28. The maximum atomic E-state index is 12.4. The molecule has 0 saturated carbocycles. The fraction of sp³-hybridized carbons (Fsp3) is 0.667. The van der Waals surface area contributed by atoms with Gasteiger partial charge < -0.3 is 10.2 Å². The largest absolute Gasteiger partial charge is 0.350 e. The molecule has 2 heterocycles. The molecule has 1 aliphatic rings. The number of sulfone groups is 1. The number of amides is 1. The van der Waals surface area contributed by atoms with Gasteiger partial charge in [-0.2, -0.15) is 0 Å². The summed E-state index contributed by atoms with van der Waals surface area (Å²) in [5.74, 6) is 0.604. The molecule has 0 aliphatic carbocycles. The second kappa shape index (κ2) is 7.72. The summed E-state index contributed by atoms with van der Waals surface area (Å²) in [6, 6.07) is -0.154. The van der Waals surface area contributed by atoms with Gasteiger partial charge in [-0.25, -0.2) is 18.4 Å². The van der Waals surface area contributed by atoms with E-state index in [1.54, 1.807) is 4.90 Å². The van der Waals surface area contributed by atoms with Crippen LogP contribution in [0.3, 0.4) is 0 Å². The molecule has 23 heavy (non-hydrogen) atoms. The predicted octanol–water partition coefficient (Wildman–Crippen LogP) is 1.34. The van der Waals surface area contributed by atoms with E-state index in [0.29, 0.717) is 31.0 Å². The normalized spacial score (nSPS) is 19.5. The number of carbonyl (C=O) groups is 1. The zero-order chi connectivity index (χ0) is 16.9. The third kappa shape index (κ3) is 4.89. The van der Waals surface area contributed by atoms with E-state index in [-0.39, 0.29) is 23.5 Å². The Hall–Kier alpha value is -1.70. The van der Waals surface area contributed by atoms with Crippen LogP contribution in [-0.2, 0) is 9.84 Å². The van der Waals surface area contributed by atoms with E-state index in [2.05, 4.69) is 15.3 Å². The molecule has 128 valence electrons. The minimum absolute atomic E-state index is 0.0660. The molecule has 0 radical (unpaired) electrons. The smallest absolute Gasteiger partial charge is 0.256 e. The number of hydrogen-bond acceptors (Lipinski definition) is 6. The van der Waals surface area contributed by atoms with Gasteiger partial charge in [-0.1, -0.05) is 13.8 Å². The second-order valence-corrected chi connectivity index (χ2v) is 8.06. The van der Waals surface area contributed by atoms with Crippen LogP contribution in [-0.4, -0.2) is 59.8 Å². The summed E-state index contributed by atoms with van der Waals surface area (Å²) >= 11 is 0. The van der Waals surface area contributed by atoms with Crippen molar-refractivity contribution < 1.29 is 13.2 Å². The maximum absolute atomic E-state index is 12.4. The molecule has 0 bridgehead atoms. The molecule has 1 aliphatic heterocycles. The summed E-state index contributed by atoms with van der Waals surface area (Å²) in [6.45, 7) is 5.50. The molecule has 1 atom stereocenters. The van der Waals surface area contributed by atoms with Crippen LogP contribution in [0.15, 0.2) is 12.4 Å². The van der Waals surface area contributed by atoms with Gasteiger partial charge in [0.15, 0.2) is 9.84 Å². The Kier molecular flexibility index (Phi) is 5.92. The third-order valence-corrected chi connectivity index (χ3v) is 5.51. The summed E-state index contributed by atoms with van der Waals surface area (Å²) in [5.41, 5.74) is 0.455. The lowest BCUT2D eigenvalue weighted by atomic mass is 10.2. The lowest BCUT2D eigenvalue weighted by Gasteiger charge is -2.21. The lowest BCUT2D eigenvalue weighted by Crippen LogP contribution is -2.32. The summed E-state index contributed by atoms with van der Waals surface area (Å²) in [4.78, 5) is 22.5. The Bertz CT molecular complexity index is 625. The van der Waals surface area contributed by atoms with Crippen molar-refractivity contribution in [2.24, 2.45) is 0 Å². The van der Waals surface area contributed by atoms with E-state index < -0.39 is 9.84 Å². The second-order valence-electron chi connectivity index (χ2n) is 5.83. The molecule has 2 rings (SSSR count). The highest BCUT2D eigenvalue weighted by atomic mass is 32.2. The number of rotatable bonds is 7. The van der Waals surface area contributed by atoms with Crippen LogP contribution in [0.2, 0.25) is 0 Å². The SMILES string of the molecule is CCCN(CCC)C(=O)c1cnc(NC2CCS(=O)(=O)C2)nc1. The van der Waals surface area contributed by atoms with Crippen molar-refractivity contribution in [3.8, 4) is 0 Å². The zero-order valence-corrected chi connectivity index (χ0v) is 14.5. The van der Waals surface area contributed by atoms with Crippen molar-refractivity contribution >= 4 is 21.7 Å². The first kappa shape index (κ1) is 17.7. The molecule has 1 aromatic heterocycles. The van der Waals surface area contributed by atoms with Gasteiger partial charge >= 0.3 is 0 Å². The van der Waals surface area contributed by atoms with Crippen LogP contribution in [0, 0.1) is 0 Å². The Balaban J connectivity index is 1.99. The van der Waals surface area contributed by atoms with Gasteiger partial charge in [-0.3, -0.25) is 4.79 Å². The molecule has 1 N–H and O–H groups in total. The van der Waals surface area contributed by atoms with Crippen LogP contribution in [0.5, 0.6) is 0 Å². The molecule has 1 unspecified atom stereocenters. The van der Waals surface area contributed by atoms with Crippen molar-refractivity contribution in [1.82, 2.24) is 14.9 Å². The quantitative estimate of drug-likeness (QED) is 0.805. The van der Waals surface area contributed by atoms with E-state index in [4.69, 9.17) is 0 Å². The summed E-state index contributed by atoms with van der Waals surface area (Å²) in [6.07, 6.45) is 5.37. The number of nitrogens with zero attached hydrogens (tertiary/aromatic N) is 3. The van der Waals surface area contributed by atoms with E-state index in [0.717, 1.165) is 12.8 Å². The van der Waals surface area contributed by atoms with Crippen molar-refractivity contribution in [3.05, 3.63) is 18.0 Å². The molecule has 1 fully saturated rings. The number of nitrogens with one attached hydrogen (secondary N) is 1. The minimum Gasteiger partial charge on any atom is -0.350 e. The average molecular weight is 340 g/mol. The van der Waals surface area contributed by atoms with Crippen LogP contribution in [0.25, 0.3) is 0 Å². The zero-order valence-electron chi connectivity index (χ0n) is 13.7. The predicted molar refractivity (Wildman–Crippen MR) is 89.2 cm³/mol. The summed E-state index contributed by atoms with van der Waals surface area (Å²) < 4.78 is 22.9. The average Bonchev–Trinajstić information content (AvgIpc) is 2.86. The van der Waals surface area contributed by atoms with Gasteiger partial charge in [0.25, 0.3) is 5.91 Å². The molecule has 1 aromatic rings. The standard InChI is InChI=1S/C15H24N4O3S/c1-3-6-19(7-4-2)14(20)12-9-16-15(17-10-12)18-13-5-8-23(21,22)11-13/h9-10,13H,3-8,11H2,1-2H3,(H,16,17,18). The highest BCUT2D eigenvalue weighted by Crippen LogP contribution is 2.15. The molecule has 7 nitrogen and oxygen atoms in total. The highest BCUT2D eigenvalue weighted by molar-refractivity contribution is 7.91. The van der Waals surface area contributed by atoms with Crippen molar-refractivity contribution in [2.45, 2.75) is 39.2 Å². The first-order chi connectivity index (χ1) is 10.9. The van der Waals surface area contributed by atoms with Crippen LogP contribution in [0.4, 0.5) is 5.95 Å². The number of aromatic nitrogens is 2. The van der Waals surface area contributed by atoms with Crippen molar-refractivity contribution in [2.75, 3.05) is 29.9 Å². The van der Waals surface area contributed by atoms with Crippen molar-refractivity contribution in [3.63, 3.8) is 0 Å². The first-order valence-corrected chi connectivity index (χ1v) is 9.85. The molecule has 0 spiro atoms. The van der Waals surface area contributed by atoms with Crippen molar-refractivity contribution in [1.29, 1.82) is 0 Å². The van der Waals surface area contributed by atoms with Gasteiger partial charge in [0.1, 0.15) is 0 Å². The molecule has 1 saturated heterocycles. The minimum atomic E-state index is -2.94. The molecular formula is C15H24N4O3S.